The minimum atomic E-state index is -3.99. The largest absolute Gasteiger partial charge is 0.495 e. The third kappa shape index (κ3) is 6.33. The van der Waals surface area contributed by atoms with E-state index in [2.05, 4.69) is 10.6 Å². The van der Waals surface area contributed by atoms with Gasteiger partial charge in [0.05, 0.1) is 35.6 Å². The Labute approximate surface area is 209 Å². The lowest BCUT2D eigenvalue weighted by Crippen LogP contribution is -2.28. The number of benzene rings is 2. The van der Waals surface area contributed by atoms with Crippen LogP contribution in [0.3, 0.4) is 0 Å². The van der Waals surface area contributed by atoms with Crippen molar-refractivity contribution in [1.29, 1.82) is 0 Å². The summed E-state index contributed by atoms with van der Waals surface area (Å²) in [6.45, 7) is 9.37. The van der Waals surface area contributed by atoms with Gasteiger partial charge in [-0.1, -0.05) is 0 Å². The van der Waals surface area contributed by atoms with Gasteiger partial charge in [-0.05, 0) is 53.7 Å². The molecular weight excluding hydrogens is 497 g/mol. The van der Waals surface area contributed by atoms with Crippen LogP contribution in [0.1, 0.15) is 41.5 Å². The van der Waals surface area contributed by atoms with Gasteiger partial charge in [0.25, 0.3) is 5.69 Å². The quantitative estimate of drug-likeness (QED) is 0.356. The Morgan fingerprint density at radius 3 is 2.08 bits per heavy atom. The van der Waals surface area contributed by atoms with Crippen LogP contribution in [0, 0.1) is 15.9 Å². The normalized spacial score (nSPS) is 12.0. The van der Waals surface area contributed by atoms with Gasteiger partial charge >= 0.3 is 6.09 Å². The second-order valence-corrected chi connectivity index (χ2v) is 12.4. The monoisotopic (exact) mass is 527 g/mol. The summed E-state index contributed by atoms with van der Waals surface area (Å²) < 4.78 is 55.1. The lowest BCUT2D eigenvalue weighted by Gasteiger charge is -2.22. The van der Waals surface area contributed by atoms with E-state index < -0.39 is 42.7 Å². The molecule has 0 saturated heterocycles. The van der Waals surface area contributed by atoms with Crippen LogP contribution in [0.15, 0.2) is 29.2 Å². The van der Waals surface area contributed by atoms with Crippen molar-refractivity contribution in [1.82, 2.24) is 0 Å². The van der Waals surface area contributed by atoms with Crippen LogP contribution < -0.4 is 20.1 Å². The maximum atomic E-state index is 14.8. The maximum absolute atomic E-state index is 14.8. The average molecular weight is 528 g/mol. The molecular formula is C23H30FN3O8S. The van der Waals surface area contributed by atoms with Crippen molar-refractivity contribution >= 4 is 38.7 Å². The van der Waals surface area contributed by atoms with E-state index in [-0.39, 0.29) is 33.5 Å². The fraction of sp³-hybridized carbons (Fsp3) is 0.435. The van der Waals surface area contributed by atoms with E-state index in [0.29, 0.717) is 0 Å². The number of methoxy groups -OCH3 is 2. The number of sulfone groups is 1. The van der Waals surface area contributed by atoms with E-state index in [9.17, 15) is 27.7 Å². The molecule has 198 valence electrons. The fourth-order valence-electron chi connectivity index (χ4n) is 3.03. The van der Waals surface area contributed by atoms with Gasteiger partial charge in [-0.15, -0.1) is 0 Å². The van der Waals surface area contributed by atoms with Gasteiger partial charge in [0.1, 0.15) is 21.9 Å². The predicted molar refractivity (Wildman–Crippen MR) is 133 cm³/mol. The molecule has 2 rings (SSSR count). The standard InChI is InChI=1S/C23H30FN3O8S/c1-22(2,3)35-21(28)26-16-10-13(9-14(24)20(16)34-8)25-15-11-19(36(31,32)23(4,5)6)18(33-7)12-17(15)27(29)30/h9-12,25H,1-8H3,(H,26,28). The van der Waals surface area contributed by atoms with E-state index in [0.717, 1.165) is 18.2 Å². The van der Waals surface area contributed by atoms with E-state index in [4.69, 9.17) is 14.2 Å². The molecule has 0 radical (unpaired) electrons. The predicted octanol–water partition coefficient (Wildman–Crippen LogP) is 5.41. The summed E-state index contributed by atoms with van der Waals surface area (Å²) in [5.41, 5.74) is -1.74. The zero-order valence-electron chi connectivity index (χ0n) is 21.3. The van der Waals surface area contributed by atoms with Crippen molar-refractivity contribution in [3.8, 4) is 11.5 Å². The first-order chi connectivity index (χ1) is 16.4. The van der Waals surface area contributed by atoms with Gasteiger partial charge in [0.2, 0.25) is 0 Å². The number of halogens is 1. The summed E-state index contributed by atoms with van der Waals surface area (Å²) in [5, 5.41) is 16.8. The molecule has 2 N–H and O–H groups in total. The number of nitro groups is 1. The summed E-state index contributed by atoms with van der Waals surface area (Å²) in [6.07, 6.45) is -0.883. The summed E-state index contributed by atoms with van der Waals surface area (Å²) in [6, 6.07) is 4.27. The summed E-state index contributed by atoms with van der Waals surface area (Å²) >= 11 is 0. The van der Waals surface area contributed by atoms with Crippen LogP contribution in [-0.4, -0.2) is 44.0 Å². The number of hydrogen-bond acceptors (Lipinski definition) is 9. The molecule has 13 heteroatoms. The van der Waals surface area contributed by atoms with E-state index in [1.165, 1.54) is 41.1 Å². The zero-order chi connectivity index (χ0) is 27.6. The molecule has 0 heterocycles. The molecule has 0 aromatic heterocycles. The Kier molecular flexibility index (Phi) is 8.09. The van der Waals surface area contributed by atoms with Gasteiger partial charge in [0.15, 0.2) is 21.4 Å². The Hall–Kier alpha value is -3.61. The molecule has 0 bridgehead atoms. The van der Waals surface area contributed by atoms with Crippen LogP contribution in [0.5, 0.6) is 11.5 Å². The number of carbonyl (C=O) groups excluding carboxylic acids is 1. The molecule has 2 aromatic rings. The summed E-state index contributed by atoms with van der Waals surface area (Å²) in [5.74, 6) is -1.41. The molecule has 0 fully saturated rings. The Bertz CT molecular complexity index is 1280. The Morgan fingerprint density at radius 1 is 1.00 bits per heavy atom. The van der Waals surface area contributed by atoms with E-state index in [1.54, 1.807) is 20.8 Å². The molecule has 0 unspecified atom stereocenters. The van der Waals surface area contributed by atoms with Gasteiger partial charge in [-0.25, -0.2) is 17.6 Å². The van der Waals surface area contributed by atoms with Crippen molar-refractivity contribution in [3.63, 3.8) is 0 Å². The van der Waals surface area contributed by atoms with Gasteiger partial charge < -0.3 is 19.5 Å². The SMILES string of the molecule is COc1cc([N+](=O)[O-])c(Nc2cc(F)c(OC)c(NC(=O)OC(C)(C)C)c2)cc1S(=O)(=O)C(C)(C)C. The number of nitro benzene ring substituents is 1. The minimum Gasteiger partial charge on any atom is -0.495 e. The van der Waals surface area contributed by atoms with Gasteiger partial charge in [-0.3, -0.25) is 15.4 Å². The summed E-state index contributed by atoms with van der Waals surface area (Å²) in [4.78, 5) is 23.0. The lowest BCUT2D eigenvalue weighted by molar-refractivity contribution is -0.384. The number of anilines is 3. The molecule has 0 saturated carbocycles. The number of nitrogens with zero attached hydrogens (tertiary/aromatic N) is 1. The molecule has 2 aromatic carbocycles. The highest BCUT2D eigenvalue weighted by Crippen LogP contribution is 2.41. The first-order valence-corrected chi connectivity index (χ1v) is 12.1. The van der Waals surface area contributed by atoms with Crippen LogP contribution in [0.2, 0.25) is 0 Å². The van der Waals surface area contributed by atoms with Crippen molar-refractivity contribution in [2.75, 3.05) is 24.9 Å². The highest BCUT2D eigenvalue weighted by atomic mass is 32.2. The highest BCUT2D eigenvalue weighted by molar-refractivity contribution is 7.92. The molecule has 11 nitrogen and oxygen atoms in total. The van der Waals surface area contributed by atoms with E-state index in [1.807, 2.05) is 0 Å². The smallest absolute Gasteiger partial charge is 0.412 e. The minimum absolute atomic E-state index is 0.0354. The maximum Gasteiger partial charge on any atom is 0.412 e. The van der Waals surface area contributed by atoms with Crippen molar-refractivity contribution in [3.05, 3.63) is 40.2 Å². The van der Waals surface area contributed by atoms with Crippen LogP contribution in [0.4, 0.5) is 31.9 Å². The van der Waals surface area contributed by atoms with Crippen LogP contribution >= 0.6 is 0 Å². The van der Waals surface area contributed by atoms with Crippen molar-refractivity contribution < 1.29 is 36.7 Å². The molecule has 0 aliphatic rings. The van der Waals surface area contributed by atoms with Gasteiger partial charge in [-0.2, -0.15) is 0 Å². The number of nitrogens with one attached hydrogen (secondary N) is 2. The number of carbonyl (C=O) groups is 1. The molecule has 0 aliphatic carbocycles. The molecule has 0 atom stereocenters. The number of ether oxygens (including phenoxy) is 3. The van der Waals surface area contributed by atoms with Crippen LogP contribution in [0.25, 0.3) is 0 Å². The molecule has 0 spiro atoms. The number of hydrogen-bond donors (Lipinski definition) is 2. The van der Waals surface area contributed by atoms with Gasteiger partial charge in [0, 0.05) is 11.8 Å². The number of amides is 1. The first-order valence-electron chi connectivity index (χ1n) is 10.7. The average Bonchev–Trinajstić information content (AvgIpc) is 2.70. The molecule has 1 amide bonds. The fourth-order valence-corrected chi connectivity index (χ4v) is 4.37. The first kappa shape index (κ1) is 28.6. The lowest BCUT2D eigenvalue weighted by atomic mass is 10.2. The third-order valence-electron chi connectivity index (χ3n) is 4.74. The highest BCUT2D eigenvalue weighted by Gasteiger charge is 2.35. The molecule has 36 heavy (non-hydrogen) atoms. The zero-order valence-corrected chi connectivity index (χ0v) is 22.1. The summed E-state index contributed by atoms with van der Waals surface area (Å²) in [7, 11) is -1.60. The third-order valence-corrected chi connectivity index (χ3v) is 7.25. The number of rotatable bonds is 7. The second kappa shape index (κ2) is 10.2. The van der Waals surface area contributed by atoms with Crippen molar-refractivity contribution in [2.24, 2.45) is 0 Å². The van der Waals surface area contributed by atoms with Crippen molar-refractivity contribution in [2.45, 2.75) is 56.8 Å². The second-order valence-electron chi connectivity index (χ2n) is 9.68. The molecule has 0 aliphatic heterocycles. The topological polar surface area (TPSA) is 146 Å². The Morgan fingerprint density at radius 2 is 1.61 bits per heavy atom. The van der Waals surface area contributed by atoms with E-state index >= 15 is 0 Å². The van der Waals surface area contributed by atoms with Crippen LogP contribution in [-0.2, 0) is 14.6 Å². The Balaban J connectivity index is 2.65.